The predicted octanol–water partition coefficient (Wildman–Crippen LogP) is -1.97. The van der Waals surface area contributed by atoms with Gasteiger partial charge in [-0.3, -0.25) is 4.55 Å². The molecule has 0 saturated heterocycles. The van der Waals surface area contributed by atoms with Gasteiger partial charge in [0.15, 0.2) is 0 Å². The van der Waals surface area contributed by atoms with Crippen molar-refractivity contribution in [2.45, 2.75) is 11.4 Å². The Labute approximate surface area is 75.9 Å². The zero-order chi connectivity index (χ0) is 9.50. The first-order valence-corrected chi connectivity index (χ1v) is 3.36. The van der Waals surface area contributed by atoms with Gasteiger partial charge in [-0.25, -0.2) is 0 Å². The quantitative estimate of drug-likeness (QED) is 0.308. The van der Waals surface area contributed by atoms with Crippen LogP contribution in [-0.2, 0) is 10.1 Å². The average molecular weight is 207 g/mol. The minimum Gasteiger partial charge on any atom is -0.281 e. The monoisotopic (exact) mass is 207 g/mol. The molecule has 0 radical (unpaired) electrons. The smallest absolute Gasteiger partial charge is 0.281 e. The first-order valence-electron chi connectivity index (χ1n) is 1.91. The van der Waals surface area contributed by atoms with Crippen LogP contribution in [0.3, 0.4) is 0 Å². The zero-order valence-corrected chi connectivity index (χ0v) is 6.38. The Hall–Kier alpha value is 0.157. The maximum Gasteiger partial charge on any atom is 1.00 e. The van der Waals surface area contributed by atoms with Crippen molar-refractivity contribution in [1.82, 2.24) is 0 Å². The van der Waals surface area contributed by atoms with E-state index in [1.165, 1.54) is 0 Å². The van der Waals surface area contributed by atoms with Crippen LogP contribution in [0.25, 0.3) is 0 Å². The van der Waals surface area contributed by atoms with E-state index in [4.69, 9.17) is 4.55 Å². The van der Waals surface area contributed by atoms with Gasteiger partial charge in [0.1, 0.15) is 0 Å². The Balaban J connectivity index is 0. The molecule has 0 heterocycles. The maximum absolute atomic E-state index is 11.5. The molecule has 0 unspecified atom stereocenters. The SMILES string of the molecule is O=S(=O)(O)C(F)(F)C(F)(F)F.[Li+]. The van der Waals surface area contributed by atoms with Gasteiger partial charge in [-0.15, -0.1) is 0 Å². The first kappa shape index (κ1) is 14.7. The summed E-state index contributed by atoms with van der Waals surface area (Å²) in [5.41, 5.74) is 0. The summed E-state index contributed by atoms with van der Waals surface area (Å²) in [5.74, 6) is 0. The van der Waals surface area contributed by atoms with E-state index in [1.54, 1.807) is 0 Å². The number of halogens is 5. The number of alkyl halides is 5. The van der Waals surface area contributed by atoms with Gasteiger partial charge in [-0.2, -0.15) is 30.4 Å². The molecule has 0 saturated carbocycles. The standard InChI is InChI=1S/C2HF5O3S.Li/c3-1(4,5)2(6,7)11(8,9)10;/h(H,8,9,10);/q;+1. The molecule has 1 N–H and O–H groups in total. The largest absolute Gasteiger partial charge is 1.00 e. The van der Waals surface area contributed by atoms with Crippen LogP contribution >= 0.6 is 0 Å². The minimum absolute atomic E-state index is 0. The van der Waals surface area contributed by atoms with Crippen molar-refractivity contribution >= 4 is 10.1 Å². The van der Waals surface area contributed by atoms with E-state index < -0.39 is 21.5 Å². The Morgan fingerprint density at radius 1 is 1.00 bits per heavy atom. The fourth-order valence-electron chi connectivity index (χ4n) is 0.146. The van der Waals surface area contributed by atoms with Crippen LogP contribution in [0.1, 0.15) is 0 Å². The molecular formula is C2HF5LiO3S+. The molecule has 0 aliphatic carbocycles. The van der Waals surface area contributed by atoms with E-state index in [1.807, 2.05) is 0 Å². The first-order chi connectivity index (χ1) is 4.50. The molecule has 0 aromatic rings. The van der Waals surface area contributed by atoms with Gasteiger partial charge in [0.2, 0.25) is 0 Å². The van der Waals surface area contributed by atoms with Gasteiger partial charge in [0, 0.05) is 0 Å². The third kappa shape index (κ3) is 2.58. The molecule has 0 spiro atoms. The van der Waals surface area contributed by atoms with E-state index in [0.717, 1.165) is 0 Å². The Morgan fingerprint density at radius 3 is 1.25 bits per heavy atom. The van der Waals surface area contributed by atoms with Gasteiger partial charge < -0.3 is 0 Å². The fraction of sp³-hybridized carbons (Fsp3) is 1.00. The van der Waals surface area contributed by atoms with Gasteiger partial charge >= 0.3 is 40.4 Å². The summed E-state index contributed by atoms with van der Waals surface area (Å²) in [7, 11) is -6.42. The average Bonchev–Trinajstić information content (AvgIpc) is 1.58. The van der Waals surface area contributed by atoms with Gasteiger partial charge in [0.25, 0.3) is 0 Å². The Kier molecular flexibility index (Phi) is 4.27. The molecule has 3 nitrogen and oxygen atoms in total. The van der Waals surface area contributed by atoms with E-state index in [9.17, 15) is 30.4 Å². The van der Waals surface area contributed by atoms with Crippen molar-refractivity contribution in [3.8, 4) is 0 Å². The second kappa shape index (κ2) is 3.49. The molecule has 0 atom stereocenters. The van der Waals surface area contributed by atoms with Crippen LogP contribution in [0, 0.1) is 0 Å². The number of rotatable bonds is 1. The van der Waals surface area contributed by atoms with E-state index >= 15 is 0 Å². The summed E-state index contributed by atoms with van der Waals surface area (Å²) in [6.07, 6.45) is -6.29. The molecule has 0 amide bonds. The summed E-state index contributed by atoms with van der Waals surface area (Å²) in [6, 6.07) is 0. The molecule has 0 fully saturated rings. The zero-order valence-electron chi connectivity index (χ0n) is 5.56. The van der Waals surface area contributed by atoms with Crippen LogP contribution < -0.4 is 18.9 Å². The van der Waals surface area contributed by atoms with Gasteiger partial charge in [0.05, 0.1) is 0 Å². The predicted molar refractivity (Wildman–Crippen MR) is 22.6 cm³/mol. The summed E-state index contributed by atoms with van der Waals surface area (Å²) in [5, 5.41) is -6.10. The van der Waals surface area contributed by atoms with Crippen LogP contribution in [-0.4, -0.2) is 24.4 Å². The molecule has 0 aliphatic rings. The Bertz CT molecular complexity index is 242. The van der Waals surface area contributed by atoms with Crippen molar-refractivity contribution in [3.63, 3.8) is 0 Å². The van der Waals surface area contributed by atoms with Crippen molar-refractivity contribution < 1.29 is 53.8 Å². The normalized spacial score (nSPS) is 13.8. The molecule has 12 heavy (non-hydrogen) atoms. The second-order valence-corrected chi connectivity index (χ2v) is 2.95. The third-order valence-electron chi connectivity index (χ3n) is 0.654. The van der Waals surface area contributed by atoms with Crippen LogP contribution in [0.2, 0.25) is 0 Å². The molecule has 0 bridgehead atoms. The van der Waals surface area contributed by atoms with Crippen molar-refractivity contribution in [2.24, 2.45) is 0 Å². The van der Waals surface area contributed by atoms with Crippen LogP contribution in [0.5, 0.6) is 0 Å². The van der Waals surface area contributed by atoms with Crippen molar-refractivity contribution in [2.75, 3.05) is 0 Å². The van der Waals surface area contributed by atoms with Gasteiger partial charge in [-0.1, -0.05) is 0 Å². The second-order valence-electron chi connectivity index (χ2n) is 1.49. The maximum atomic E-state index is 11.5. The topological polar surface area (TPSA) is 54.4 Å². The molecule has 0 rings (SSSR count). The molecule has 0 aliphatic heterocycles. The molecule has 68 valence electrons. The minimum atomic E-state index is -6.42. The van der Waals surface area contributed by atoms with E-state index in [2.05, 4.69) is 0 Å². The Morgan fingerprint density at radius 2 is 1.25 bits per heavy atom. The van der Waals surface area contributed by atoms with E-state index in [0.29, 0.717) is 0 Å². The molecule has 10 heteroatoms. The van der Waals surface area contributed by atoms with E-state index in [-0.39, 0.29) is 18.9 Å². The summed E-state index contributed by atoms with van der Waals surface area (Å²) in [6.45, 7) is 0. The fourth-order valence-corrected chi connectivity index (χ4v) is 0.439. The molecule has 0 aromatic carbocycles. The molecule has 0 aromatic heterocycles. The number of hydrogen-bond donors (Lipinski definition) is 1. The third-order valence-corrected chi connectivity index (χ3v) is 1.53. The summed E-state index contributed by atoms with van der Waals surface area (Å²) >= 11 is 0. The van der Waals surface area contributed by atoms with Gasteiger partial charge in [-0.05, 0) is 0 Å². The van der Waals surface area contributed by atoms with Crippen molar-refractivity contribution in [1.29, 1.82) is 0 Å². The summed E-state index contributed by atoms with van der Waals surface area (Å²) < 4.78 is 82.2. The van der Waals surface area contributed by atoms with Crippen molar-refractivity contribution in [3.05, 3.63) is 0 Å². The van der Waals surface area contributed by atoms with Crippen LogP contribution in [0.15, 0.2) is 0 Å². The number of hydrogen-bond acceptors (Lipinski definition) is 2. The molecular weight excluding hydrogens is 206 g/mol. The van der Waals surface area contributed by atoms with Crippen LogP contribution in [0.4, 0.5) is 22.0 Å². The summed E-state index contributed by atoms with van der Waals surface area (Å²) in [4.78, 5) is 0.